The van der Waals surface area contributed by atoms with Crippen LogP contribution in [0.1, 0.15) is 23.3 Å². The lowest BCUT2D eigenvalue weighted by Crippen LogP contribution is -2.43. The Labute approximate surface area is 138 Å². The number of anilines is 1. The molecule has 0 spiro atoms. The van der Waals surface area contributed by atoms with Crippen LogP contribution in [0.3, 0.4) is 0 Å². The fraction of sp³-hybridized carbons (Fsp3) is 0.375. The molecule has 7 nitrogen and oxygen atoms in total. The van der Waals surface area contributed by atoms with Gasteiger partial charge in [0.15, 0.2) is 17.3 Å². The number of ether oxygens (including phenoxy) is 1. The van der Waals surface area contributed by atoms with Gasteiger partial charge in [-0.2, -0.15) is 0 Å². The zero-order valence-corrected chi connectivity index (χ0v) is 13.3. The lowest BCUT2D eigenvalue weighted by molar-refractivity contribution is 0.0707. The largest absolute Gasteiger partial charge is 0.478 e. The van der Waals surface area contributed by atoms with Crippen molar-refractivity contribution in [1.82, 2.24) is 19.9 Å². The number of pyridine rings is 1. The molecule has 1 amide bonds. The molecule has 0 bridgehead atoms. The molecule has 24 heavy (non-hydrogen) atoms. The number of hydrogen-bond acceptors (Lipinski definition) is 6. The summed E-state index contributed by atoms with van der Waals surface area (Å²) < 4.78 is 18.9. The minimum Gasteiger partial charge on any atom is -0.478 e. The van der Waals surface area contributed by atoms with E-state index in [9.17, 15) is 9.18 Å². The van der Waals surface area contributed by atoms with Crippen LogP contribution in [0.15, 0.2) is 30.7 Å². The number of likely N-dealkylation sites (tertiary alicyclic amines) is 1. The van der Waals surface area contributed by atoms with E-state index in [0.717, 1.165) is 12.8 Å². The molecule has 0 aromatic carbocycles. The molecule has 2 aromatic heterocycles. The van der Waals surface area contributed by atoms with Gasteiger partial charge in [0.2, 0.25) is 0 Å². The van der Waals surface area contributed by atoms with Crippen LogP contribution in [-0.4, -0.2) is 52.0 Å². The summed E-state index contributed by atoms with van der Waals surface area (Å²) in [6.07, 6.45) is 6.02. The highest BCUT2D eigenvalue weighted by Gasteiger charge is 2.26. The first kappa shape index (κ1) is 16.1. The second kappa shape index (κ2) is 7.20. The molecule has 1 aliphatic heterocycles. The molecule has 8 heteroatoms. The molecular weight excluding hydrogens is 313 g/mol. The Hall–Kier alpha value is -2.77. The Kier molecular flexibility index (Phi) is 4.83. The van der Waals surface area contributed by atoms with Gasteiger partial charge in [0.1, 0.15) is 0 Å². The van der Waals surface area contributed by atoms with Gasteiger partial charge in [-0.3, -0.25) is 4.79 Å². The molecule has 3 rings (SSSR count). The molecule has 1 aliphatic rings. The first-order valence-corrected chi connectivity index (χ1v) is 7.70. The van der Waals surface area contributed by atoms with E-state index in [-0.39, 0.29) is 17.6 Å². The van der Waals surface area contributed by atoms with Crippen molar-refractivity contribution < 1.29 is 13.9 Å². The topological polar surface area (TPSA) is 80.2 Å². The molecule has 1 fully saturated rings. The average molecular weight is 331 g/mol. The van der Waals surface area contributed by atoms with Crippen LogP contribution in [0, 0.1) is 5.82 Å². The first-order valence-electron chi connectivity index (χ1n) is 7.70. The number of carbonyl (C=O) groups excluding carboxylic acids is 1. The highest BCUT2D eigenvalue weighted by molar-refractivity contribution is 5.92. The molecular formula is C16H18FN5O2. The maximum Gasteiger partial charge on any atom is 0.275 e. The number of aromatic nitrogens is 3. The molecule has 2 aromatic rings. The number of piperidine rings is 1. The van der Waals surface area contributed by atoms with Crippen molar-refractivity contribution in [2.75, 3.05) is 25.5 Å². The summed E-state index contributed by atoms with van der Waals surface area (Å²) >= 11 is 0. The molecule has 1 saturated heterocycles. The standard InChI is InChI=1S/C16H18FN5O2/c1-24-15-14(19-7-8-20-15)21-11-4-9-22(10-5-11)16(23)13-12(17)3-2-6-18-13/h2-3,6-8,11H,4-5,9-10H2,1H3,(H,19,21). The normalized spacial score (nSPS) is 15.2. The van der Waals surface area contributed by atoms with Gasteiger partial charge in [-0.1, -0.05) is 0 Å². The predicted octanol–water partition coefficient (Wildman–Crippen LogP) is 1.74. The first-order chi connectivity index (χ1) is 11.7. The van der Waals surface area contributed by atoms with Crippen LogP contribution in [0.5, 0.6) is 5.88 Å². The molecule has 0 atom stereocenters. The van der Waals surface area contributed by atoms with E-state index >= 15 is 0 Å². The van der Waals surface area contributed by atoms with Crippen LogP contribution in [0.2, 0.25) is 0 Å². The van der Waals surface area contributed by atoms with E-state index in [1.54, 1.807) is 17.3 Å². The summed E-state index contributed by atoms with van der Waals surface area (Å²) in [6, 6.07) is 2.86. The summed E-state index contributed by atoms with van der Waals surface area (Å²) in [7, 11) is 1.54. The second-order valence-corrected chi connectivity index (χ2v) is 5.46. The van der Waals surface area contributed by atoms with Crippen LogP contribution in [-0.2, 0) is 0 Å². The second-order valence-electron chi connectivity index (χ2n) is 5.46. The third-order valence-electron chi connectivity index (χ3n) is 3.94. The zero-order chi connectivity index (χ0) is 16.9. The Morgan fingerprint density at radius 3 is 2.71 bits per heavy atom. The minimum absolute atomic E-state index is 0.125. The fourth-order valence-electron chi connectivity index (χ4n) is 2.69. The maximum atomic E-state index is 13.7. The number of hydrogen-bond donors (Lipinski definition) is 1. The van der Waals surface area contributed by atoms with Gasteiger partial charge in [0, 0.05) is 37.7 Å². The van der Waals surface area contributed by atoms with Gasteiger partial charge in [0.25, 0.3) is 11.8 Å². The summed E-state index contributed by atoms with van der Waals surface area (Å²) in [6.45, 7) is 1.05. The molecule has 0 saturated carbocycles. The SMILES string of the molecule is COc1nccnc1NC1CCN(C(=O)c2ncccc2F)CC1. The number of nitrogens with zero attached hydrogens (tertiary/aromatic N) is 4. The lowest BCUT2D eigenvalue weighted by atomic mass is 10.0. The van der Waals surface area contributed by atoms with Gasteiger partial charge in [-0.15, -0.1) is 0 Å². The molecule has 0 aliphatic carbocycles. The van der Waals surface area contributed by atoms with Crippen molar-refractivity contribution in [3.8, 4) is 5.88 Å². The number of halogens is 1. The van der Waals surface area contributed by atoms with Crippen molar-refractivity contribution in [3.05, 3.63) is 42.2 Å². The molecule has 0 unspecified atom stereocenters. The quantitative estimate of drug-likeness (QED) is 0.919. The van der Waals surface area contributed by atoms with Crippen molar-refractivity contribution in [2.45, 2.75) is 18.9 Å². The number of rotatable bonds is 4. The molecule has 126 valence electrons. The number of carbonyl (C=O) groups is 1. The lowest BCUT2D eigenvalue weighted by Gasteiger charge is -2.32. The van der Waals surface area contributed by atoms with E-state index < -0.39 is 5.82 Å². The van der Waals surface area contributed by atoms with Crippen molar-refractivity contribution in [2.24, 2.45) is 0 Å². The average Bonchev–Trinajstić information content (AvgIpc) is 2.63. The summed E-state index contributed by atoms with van der Waals surface area (Å²) in [5, 5.41) is 3.28. The highest BCUT2D eigenvalue weighted by Crippen LogP contribution is 2.22. The molecule has 0 radical (unpaired) electrons. The van der Waals surface area contributed by atoms with Gasteiger partial charge >= 0.3 is 0 Å². The Morgan fingerprint density at radius 1 is 1.25 bits per heavy atom. The van der Waals surface area contributed by atoms with Crippen LogP contribution in [0.4, 0.5) is 10.2 Å². The van der Waals surface area contributed by atoms with E-state index in [1.807, 2.05) is 0 Å². The Morgan fingerprint density at radius 2 is 2.00 bits per heavy atom. The highest BCUT2D eigenvalue weighted by atomic mass is 19.1. The Balaban J connectivity index is 1.60. The molecule has 1 N–H and O–H groups in total. The zero-order valence-electron chi connectivity index (χ0n) is 13.3. The van der Waals surface area contributed by atoms with E-state index in [4.69, 9.17) is 4.74 Å². The van der Waals surface area contributed by atoms with Gasteiger partial charge < -0.3 is 15.0 Å². The van der Waals surface area contributed by atoms with E-state index in [2.05, 4.69) is 20.3 Å². The monoisotopic (exact) mass is 331 g/mol. The van der Waals surface area contributed by atoms with E-state index in [1.165, 1.54) is 25.4 Å². The third kappa shape index (κ3) is 3.42. The van der Waals surface area contributed by atoms with Crippen LogP contribution in [0.25, 0.3) is 0 Å². The van der Waals surface area contributed by atoms with Crippen molar-refractivity contribution in [1.29, 1.82) is 0 Å². The van der Waals surface area contributed by atoms with Crippen LogP contribution >= 0.6 is 0 Å². The number of methoxy groups -OCH3 is 1. The van der Waals surface area contributed by atoms with E-state index in [0.29, 0.717) is 24.8 Å². The van der Waals surface area contributed by atoms with Crippen molar-refractivity contribution >= 4 is 11.7 Å². The number of nitrogens with one attached hydrogen (secondary N) is 1. The smallest absolute Gasteiger partial charge is 0.275 e. The Bertz CT molecular complexity index is 719. The predicted molar refractivity (Wildman–Crippen MR) is 85.3 cm³/mol. The minimum atomic E-state index is -0.591. The van der Waals surface area contributed by atoms with Crippen molar-refractivity contribution in [3.63, 3.8) is 0 Å². The number of amides is 1. The summed E-state index contributed by atoms with van der Waals surface area (Å²) in [5.74, 6) is 0.0581. The summed E-state index contributed by atoms with van der Waals surface area (Å²) in [5.41, 5.74) is -0.125. The van der Waals surface area contributed by atoms with Gasteiger partial charge in [-0.05, 0) is 25.0 Å². The molecule has 3 heterocycles. The summed E-state index contributed by atoms with van der Waals surface area (Å²) in [4.78, 5) is 26.1. The third-order valence-corrected chi connectivity index (χ3v) is 3.94. The van der Waals surface area contributed by atoms with Gasteiger partial charge in [-0.25, -0.2) is 19.3 Å². The maximum absolute atomic E-state index is 13.7. The fourth-order valence-corrected chi connectivity index (χ4v) is 2.69. The van der Waals surface area contributed by atoms with Crippen LogP contribution < -0.4 is 10.1 Å². The van der Waals surface area contributed by atoms with Gasteiger partial charge in [0.05, 0.1) is 7.11 Å².